The van der Waals surface area contributed by atoms with E-state index in [1.807, 2.05) is 18.2 Å². The lowest BCUT2D eigenvalue weighted by molar-refractivity contribution is -0.136. The summed E-state index contributed by atoms with van der Waals surface area (Å²) in [6.45, 7) is 3.14. The molecule has 2 saturated heterocycles. The number of hydrogen-bond acceptors (Lipinski definition) is 5. The SMILES string of the molecule is O=C1CCC(N2Cc3cccc(CNCCC[C@H]4CCCN4)c3C2=O)C(=O)N1. The Morgan fingerprint density at radius 2 is 2.07 bits per heavy atom. The lowest BCUT2D eigenvalue weighted by atomic mass is 10.0. The van der Waals surface area contributed by atoms with Crippen LogP contribution in [0.4, 0.5) is 0 Å². The fourth-order valence-corrected chi connectivity index (χ4v) is 4.54. The molecule has 7 heteroatoms. The zero-order valence-electron chi connectivity index (χ0n) is 16.1. The number of carbonyl (C=O) groups excluding carboxylic acids is 3. The molecule has 0 saturated carbocycles. The van der Waals surface area contributed by atoms with Crippen LogP contribution in [0.2, 0.25) is 0 Å². The van der Waals surface area contributed by atoms with Crippen molar-refractivity contribution in [2.75, 3.05) is 13.1 Å². The van der Waals surface area contributed by atoms with Gasteiger partial charge in [0.15, 0.2) is 0 Å². The number of nitrogens with one attached hydrogen (secondary N) is 3. The van der Waals surface area contributed by atoms with Crippen molar-refractivity contribution < 1.29 is 14.4 Å². The molecular formula is C21H28N4O3. The van der Waals surface area contributed by atoms with Gasteiger partial charge in [-0.15, -0.1) is 0 Å². The summed E-state index contributed by atoms with van der Waals surface area (Å²) in [5.41, 5.74) is 2.66. The number of benzene rings is 1. The van der Waals surface area contributed by atoms with Crippen molar-refractivity contribution in [2.45, 2.75) is 63.7 Å². The van der Waals surface area contributed by atoms with Crippen molar-refractivity contribution in [3.63, 3.8) is 0 Å². The maximum Gasteiger partial charge on any atom is 0.255 e. The Bertz CT molecular complexity index is 773. The maximum absolute atomic E-state index is 13.0. The van der Waals surface area contributed by atoms with Gasteiger partial charge in [-0.05, 0) is 56.3 Å². The minimum Gasteiger partial charge on any atom is -0.322 e. The minimum absolute atomic E-state index is 0.0999. The van der Waals surface area contributed by atoms with Crippen LogP contribution in [-0.4, -0.2) is 47.8 Å². The number of carbonyl (C=O) groups is 3. The Kier molecular flexibility index (Phi) is 5.73. The van der Waals surface area contributed by atoms with Crippen molar-refractivity contribution in [2.24, 2.45) is 0 Å². The van der Waals surface area contributed by atoms with Crippen LogP contribution in [-0.2, 0) is 22.7 Å². The quantitative estimate of drug-likeness (QED) is 0.483. The normalized spacial score (nSPS) is 24.6. The predicted molar refractivity (Wildman–Crippen MR) is 104 cm³/mol. The van der Waals surface area contributed by atoms with Crippen LogP contribution >= 0.6 is 0 Å². The molecule has 0 bridgehead atoms. The highest BCUT2D eigenvalue weighted by atomic mass is 16.2. The van der Waals surface area contributed by atoms with Gasteiger partial charge in [0, 0.05) is 31.1 Å². The molecule has 1 aromatic carbocycles. The van der Waals surface area contributed by atoms with Crippen LogP contribution in [0, 0.1) is 0 Å². The molecular weight excluding hydrogens is 356 g/mol. The summed E-state index contributed by atoms with van der Waals surface area (Å²) < 4.78 is 0. The Balaban J connectivity index is 1.35. The lowest BCUT2D eigenvalue weighted by Gasteiger charge is -2.29. The van der Waals surface area contributed by atoms with E-state index in [0.717, 1.165) is 36.2 Å². The van der Waals surface area contributed by atoms with Gasteiger partial charge in [0.25, 0.3) is 5.91 Å². The predicted octanol–water partition coefficient (Wildman–Crippen LogP) is 1.07. The summed E-state index contributed by atoms with van der Waals surface area (Å²) in [7, 11) is 0. The van der Waals surface area contributed by atoms with Crippen LogP contribution < -0.4 is 16.0 Å². The summed E-state index contributed by atoms with van der Waals surface area (Å²) in [6.07, 6.45) is 5.52. The summed E-state index contributed by atoms with van der Waals surface area (Å²) in [6, 6.07) is 6.01. The zero-order chi connectivity index (χ0) is 19.5. The van der Waals surface area contributed by atoms with Gasteiger partial charge in [0.1, 0.15) is 6.04 Å². The van der Waals surface area contributed by atoms with Crippen molar-refractivity contribution in [1.82, 2.24) is 20.9 Å². The molecule has 28 heavy (non-hydrogen) atoms. The van der Waals surface area contributed by atoms with Crippen LogP contribution in [0.15, 0.2) is 18.2 Å². The van der Waals surface area contributed by atoms with Gasteiger partial charge in [-0.3, -0.25) is 19.7 Å². The molecule has 3 aliphatic heterocycles. The van der Waals surface area contributed by atoms with E-state index in [2.05, 4.69) is 16.0 Å². The van der Waals surface area contributed by atoms with E-state index >= 15 is 0 Å². The second-order valence-electron chi connectivity index (χ2n) is 7.96. The Hall–Kier alpha value is -2.25. The first-order valence-electron chi connectivity index (χ1n) is 10.3. The number of rotatable bonds is 7. The van der Waals surface area contributed by atoms with Gasteiger partial charge in [0.2, 0.25) is 11.8 Å². The summed E-state index contributed by atoms with van der Waals surface area (Å²) in [5, 5.41) is 9.33. The molecule has 7 nitrogen and oxygen atoms in total. The Morgan fingerprint density at radius 3 is 2.86 bits per heavy atom. The van der Waals surface area contributed by atoms with Gasteiger partial charge in [-0.1, -0.05) is 18.2 Å². The third kappa shape index (κ3) is 3.95. The first kappa shape index (κ1) is 19.1. The minimum atomic E-state index is -0.558. The molecule has 4 rings (SSSR count). The first-order chi connectivity index (χ1) is 13.6. The monoisotopic (exact) mass is 384 g/mol. The molecule has 3 N–H and O–H groups in total. The largest absolute Gasteiger partial charge is 0.322 e. The first-order valence-corrected chi connectivity index (χ1v) is 10.3. The van der Waals surface area contributed by atoms with E-state index in [1.165, 1.54) is 19.3 Å². The lowest BCUT2D eigenvalue weighted by Crippen LogP contribution is -2.52. The summed E-state index contributed by atoms with van der Waals surface area (Å²) >= 11 is 0. The molecule has 1 aromatic rings. The van der Waals surface area contributed by atoms with Gasteiger partial charge < -0.3 is 15.5 Å². The molecule has 3 amide bonds. The second kappa shape index (κ2) is 8.41. The van der Waals surface area contributed by atoms with Crippen molar-refractivity contribution in [3.8, 4) is 0 Å². The number of piperidine rings is 1. The number of fused-ring (bicyclic) bond motifs is 1. The molecule has 3 aliphatic rings. The van der Waals surface area contributed by atoms with Crippen LogP contribution in [0.25, 0.3) is 0 Å². The smallest absolute Gasteiger partial charge is 0.255 e. The standard InChI is InChI=1S/C21H28N4O3/c26-18-9-8-17(20(27)24-18)25-13-15-5-1-4-14(19(15)21(25)28)12-22-10-2-6-16-7-3-11-23-16/h1,4-5,16-17,22-23H,2-3,6-13H2,(H,24,26,27)/t16-,17?/m0/s1. The molecule has 2 fully saturated rings. The van der Waals surface area contributed by atoms with E-state index in [9.17, 15) is 14.4 Å². The van der Waals surface area contributed by atoms with Crippen LogP contribution in [0.5, 0.6) is 0 Å². The molecule has 0 aromatic heterocycles. The van der Waals surface area contributed by atoms with E-state index in [4.69, 9.17) is 0 Å². The van der Waals surface area contributed by atoms with Crippen molar-refractivity contribution in [3.05, 3.63) is 34.9 Å². The highest BCUT2D eigenvalue weighted by Gasteiger charge is 2.39. The molecule has 150 valence electrons. The number of hydrogen-bond donors (Lipinski definition) is 3. The van der Waals surface area contributed by atoms with Crippen LogP contribution in [0.3, 0.4) is 0 Å². The van der Waals surface area contributed by atoms with E-state index in [-0.39, 0.29) is 24.1 Å². The summed E-state index contributed by atoms with van der Waals surface area (Å²) in [4.78, 5) is 38.2. The Morgan fingerprint density at radius 1 is 1.18 bits per heavy atom. The third-order valence-corrected chi connectivity index (χ3v) is 6.02. The molecule has 1 unspecified atom stereocenters. The molecule has 0 aliphatic carbocycles. The second-order valence-corrected chi connectivity index (χ2v) is 7.96. The topological polar surface area (TPSA) is 90.5 Å². The highest BCUT2D eigenvalue weighted by molar-refractivity contribution is 6.05. The number of amides is 3. The highest BCUT2D eigenvalue weighted by Crippen LogP contribution is 2.29. The van der Waals surface area contributed by atoms with Gasteiger partial charge in [-0.2, -0.15) is 0 Å². The number of nitrogens with zero attached hydrogens (tertiary/aromatic N) is 1. The average molecular weight is 384 g/mol. The molecule has 3 heterocycles. The maximum atomic E-state index is 13.0. The van der Waals surface area contributed by atoms with E-state index in [0.29, 0.717) is 25.6 Å². The van der Waals surface area contributed by atoms with E-state index < -0.39 is 6.04 Å². The molecule has 2 atom stereocenters. The van der Waals surface area contributed by atoms with Gasteiger partial charge >= 0.3 is 0 Å². The average Bonchev–Trinajstić information content (AvgIpc) is 3.30. The van der Waals surface area contributed by atoms with Gasteiger partial charge in [-0.25, -0.2) is 0 Å². The number of imide groups is 1. The third-order valence-electron chi connectivity index (χ3n) is 6.02. The molecule has 0 spiro atoms. The van der Waals surface area contributed by atoms with Gasteiger partial charge in [0.05, 0.1) is 0 Å². The van der Waals surface area contributed by atoms with Crippen molar-refractivity contribution >= 4 is 17.7 Å². The van der Waals surface area contributed by atoms with E-state index in [1.54, 1.807) is 4.90 Å². The Labute approximate surface area is 165 Å². The molecule has 0 radical (unpaired) electrons. The zero-order valence-corrected chi connectivity index (χ0v) is 16.1. The fourth-order valence-electron chi connectivity index (χ4n) is 4.54. The van der Waals surface area contributed by atoms with Crippen molar-refractivity contribution in [1.29, 1.82) is 0 Å². The fraction of sp³-hybridized carbons (Fsp3) is 0.571. The van der Waals surface area contributed by atoms with Crippen LogP contribution in [0.1, 0.15) is 60.0 Å². The summed E-state index contributed by atoms with van der Waals surface area (Å²) in [5.74, 6) is -0.724.